The summed E-state index contributed by atoms with van der Waals surface area (Å²) in [5.74, 6) is 0.488. The quantitative estimate of drug-likeness (QED) is 0.310. The topological polar surface area (TPSA) is 43.6 Å². The van der Waals surface area contributed by atoms with Crippen LogP contribution in [-0.2, 0) is 0 Å². The average molecular weight is 421 g/mol. The Morgan fingerprint density at radius 3 is 2.52 bits per heavy atom. The maximum absolute atomic E-state index is 4.72. The van der Waals surface area contributed by atoms with Crippen molar-refractivity contribution in [3.63, 3.8) is 0 Å². The van der Waals surface area contributed by atoms with Crippen LogP contribution in [0.15, 0.2) is 79.6 Å². The molecule has 0 N–H and O–H groups in total. The minimum atomic E-state index is 0.488. The van der Waals surface area contributed by atoms with Gasteiger partial charge in [-0.3, -0.25) is 0 Å². The standard InChI is InChI=1S/C26H20N4S/c1-16(2)18-5-3-6-19-20-7-4-8-22(26(20)31-25(18)19)24-21-10-9-17(30-12-11-27-15-30)13-23(21)28-14-29-24/h3-16H,1-2H3. The maximum Gasteiger partial charge on any atom is 0.116 e. The van der Waals surface area contributed by atoms with E-state index in [4.69, 9.17) is 4.98 Å². The Bertz CT molecular complexity index is 1560. The first-order chi connectivity index (χ1) is 15.2. The summed E-state index contributed by atoms with van der Waals surface area (Å²) in [6, 6.07) is 19.5. The molecule has 6 rings (SSSR count). The number of benzene rings is 3. The third-order valence-electron chi connectivity index (χ3n) is 5.85. The van der Waals surface area contributed by atoms with E-state index in [0.717, 1.165) is 27.8 Å². The van der Waals surface area contributed by atoms with Crippen LogP contribution in [0.2, 0.25) is 0 Å². The normalized spacial score (nSPS) is 11.8. The maximum atomic E-state index is 4.72. The van der Waals surface area contributed by atoms with E-state index in [1.54, 1.807) is 18.9 Å². The number of hydrogen-bond donors (Lipinski definition) is 0. The van der Waals surface area contributed by atoms with E-state index in [9.17, 15) is 0 Å². The molecule has 0 saturated heterocycles. The first-order valence-electron chi connectivity index (χ1n) is 10.4. The summed E-state index contributed by atoms with van der Waals surface area (Å²) < 4.78 is 4.64. The molecule has 0 saturated carbocycles. The molecule has 0 spiro atoms. The van der Waals surface area contributed by atoms with E-state index >= 15 is 0 Å². The van der Waals surface area contributed by atoms with Gasteiger partial charge in [-0.2, -0.15) is 0 Å². The van der Waals surface area contributed by atoms with Gasteiger partial charge in [0, 0.05) is 49.2 Å². The Balaban J connectivity index is 1.61. The number of fused-ring (bicyclic) bond motifs is 4. The molecular weight excluding hydrogens is 400 g/mol. The minimum absolute atomic E-state index is 0.488. The zero-order valence-corrected chi connectivity index (χ0v) is 18.1. The fourth-order valence-electron chi connectivity index (χ4n) is 4.32. The van der Waals surface area contributed by atoms with Crippen LogP contribution >= 0.6 is 11.3 Å². The molecular formula is C26H20N4S. The number of nitrogens with zero attached hydrogens (tertiary/aromatic N) is 4. The molecule has 0 fully saturated rings. The summed E-state index contributed by atoms with van der Waals surface area (Å²) in [6.07, 6.45) is 7.19. The second kappa shape index (κ2) is 7.00. The van der Waals surface area contributed by atoms with E-state index in [0.29, 0.717) is 5.92 Å². The van der Waals surface area contributed by atoms with Crippen molar-refractivity contribution in [3.8, 4) is 16.9 Å². The SMILES string of the molecule is CC(C)c1cccc2c1sc1c(-c3ncnc4cc(-n5ccnc5)ccc34)cccc12. The molecule has 0 aliphatic rings. The molecule has 6 aromatic rings. The first kappa shape index (κ1) is 18.2. The van der Waals surface area contributed by atoms with Crippen molar-refractivity contribution in [1.29, 1.82) is 0 Å². The number of imidazole rings is 1. The van der Waals surface area contributed by atoms with Gasteiger partial charge in [-0.15, -0.1) is 11.3 Å². The highest BCUT2D eigenvalue weighted by atomic mass is 32.1. The van der Waals surface area contributed by atoms with Gasteiger partial charge in [0.25, 0.3) is 0 Å². The van der Waals surface area contributed by atoms with Gasteiger partial charge < -0.3 is 4.57 Å². The van der Waals surface area contributed by atoms with Crippen LogP contribution in [0.4, 0.5) is 0 Å². The van der Waals surface area contributed by atoms with Crippen LogP contribution in [-0.4, -0.2) is 19.5 Å². The first-order valence-corrected chi connectivity index (χ1v) is 11.2. The lowest BCUT2D eigenvalue weighted by molar-refractivity contribution is 0.878. The molecule has 3 heterocycles. The fraction of sp³-hybridized carbons (Fsp3) is 0.115. The minimum Gasteiger partial charge on any atom is -0.306 e. The molecule has 0 aliphatic carbocycles. The molecule has 0 amide bonds. The summed E-state index contributed by atoms with van der Waals surface area (Å²) in [7, 11) is 0. The molecule has 150 valence electrons. The Kier molecular flexibility index (Phi) is 4.11. The van der Waals surface area contributed by atoms with Crippen LogP contribution in [0.25, 0.3) is 48.0 Å². The van der Waals surface area contributed by atoms with E-state index in [2.05, 4.69) is 78.4 Å². The van der Waals surface area contributed by atoms with Crippen molar-refractivity contribution in [2.24, 2.45) is 0 Å². The van der Waals surface area contributed by atoms with Crippen molar-refractivity contribution < 1.29 is 0 Å². The zero-order valence-electron chi connectivity index (χ0n) is 17.3. The van der Waals surface area contributed by atoms with Gasteiger partial charge in [-0.1, -0.05) is 50.2 Å². The lowest BCUT2D eigenvalue weighted by Gasteiger charge is -2.08. The number of thiophene rings is 1. The largest absolute Gasteiger partial charge is 0.306 e. The Hall–Kier alpha value is -3.57. The summed E-state index contributed by atoms with van der Waals surface area (Å²) >= 11 is 1.88. The fourth-order valence-corrected chi connectivity index (χ4v) is 5.79. The van der Waals surface area contributed by atoms with Crippen molar-refractivity contribution >= 4 is 42.4 Å². The molecule has 31 heavy (non-hydrogen) atoms. The van der Waals surface area contributed by atoms with E-state index in [1.807, 2.05) is 22.1 Å². The molecule has 4 nitrogen and oxygen atoms in total. The van der Waals surface area contributed by atoms with Crippen molar-refractivity contribution in [1.82, 2.24) is 19.5 Å². The third-order valence-corrected chi connectivity index (χ3v) is 7.16. The van der Waals surface area contributed by atoms with Gasteiger partial charge in [0.05, 0.1) is 17.5 Å². The molecule has 3 aromatic carbocycles. The predicted molar refractivity (Wildman–Crippen MR) is 129 cm³/mol. The molecule has 0 atom stereocenters. The van der Waals surface area contributed by atoms with E-state index in [-0.39, 0.29) is 0 Å². The van der Waals surface area contributed by atoms with Gasteiger partial charge in [-0.05, 0) is 29.7 Å². The molecule has 0 unspecified atom stereocenters. The van der Waals surface area contributed by atoms with Crippen LogP contribution in [0.3, 0.4) is 0 Å². The number of hydrogen-bond acceptors (Lipinski definition) is 4. The molecule has 0 radical (unpaired) electrons. The number of rotatable bonds is 3. The predicted octanol–water partition coefficient (Wildman–Crippen LogP) is 6.97. The zero-order chi connectivity index (χ0) is 20.9. The van der Waals surface area contributed by atoms with Crippen molar-refractivity contribution in [3.05, 3.63) is 85.2 Å². The van der Waals surface area contributed by atoms with Crippen LogP contribution in [0, 0.1) is 0 Å². The highest BCUT2D eigenvalue weighted by Crippen LogP contribution is 2.43. The van der Waals surface area contributed by atoms with Crippen LogP contribution in [0.1, 0.15) is 25.3 Å². The van der Waals surface area contributed by atoms with Crippen LogP contribution < -0.4 is 0 Å². The Morgan fingerprint density at radius 1 is 0.871 bits per heavy atom. The smallest absolute Gasteiger partial charge is 0.116 e. The third kappa shape index (κ3) is 2.85. The lowest BCUT2D eigenvalue weighted by Crippen LogP contribution is -1.93. The molecule has 5 heteroatoms. The summed E-state index contributed by atoms with van der Waals surface area (Å²) in [6.45, 7) is 4.52. The summed E-state index contributed by atoms with van der Waals surface area (Å²) in [4.78, 5) is 13.4. The average Bonchev–Trinajstić information content (AvgIpc) is 3.46. The van der Waals surface area contributed by atoms with Crippen LogP contribution in [0.5, 0.6) is 0 Å². The van der Waals surface area contributed by atoms with Crippen molar-refractivity contribution in [2.75, 3.05) is 0 Å². The summed E-state index contributed by atoms with van der Waals surface area (Å²) in [5.41, 5.74) is 5.51. The highest BCUT2D eigenvalue weighted by molar-refractivity contribution is 7.26. The lowest BCUT2D eigenvalue weighted by atomic mass is 9.99. The van der Waals surface area contributed by atoms with Gasteiger partial charge in [-0.25, -0.2) is 15.0 Å². The van der Waals surface area contributed by atoms with E-state index < -0.39 is 0 Å². The van der Waals surface area contributed by atoms with Crippen molar-refractivity contribution in [2.45, 2.75) is 19.8 Å². The second-order valence-electron chi connectivity index (χ2n) is 8.06. The molecule has 3 aromatic heterocycles. The Labute approximate surface area is 183 Å². The Morgan fingerprint density at radius 2 is 1.71 bits per heavy atom. The van der Waals surface area contributed by atoms with Gasteiger partial charge in [0.1, 0.15) is 6.33 Å². The van der Waals surface area contributed by atoms with Gasteiger partial charge in [0.15, 0.2) is 0 Å². The van der Waals surface area contributed by atoms with E-state index in [1.165, 1.54) is 25.7 Å². The second-order valence-corrected chi connectivity index (χ2v) is 9.08. The molecule has 0 bridgehead atoms. The van der Waals surface area contributed by atoms with Gasteiger partial charge >= 0.3 is 0 Å². The number of aromatic nitrogens is 4. The summed E-state index contributed by atoms with van der Waals surface area (Å²) in [5, 5.41) is 3.68. The molecule has 0 aliphatic heterocycles. The highest BCUT2D eigenvalue weighted by Gasteiger charge is 2.16. The monoisotopic (exact) mass is 420 g/mol. The van der Waals surface area contributed by atoms with Gasteiger partial charge in [0.2, 0.25) is 0 Å².